The topological polar surface area (TPSA) is 43.8 Å². The largest absolute Gasteiger partial charge is 0.395 e. The van der Waals surface area contributed by atoms with Crippen LogP contribution in [0.3, 0.4) is 0 Å². The standard InChI is InChI=1S/C11H22N2O2/c1-3-12(4-2)9-11(15)13(7-8-14)10-5-6-10/h10,14H,3-9H2,1-2H3. The van der Waals surface area contributed by atoms with Crippen LogP contribution in [0.1, 0.15) is 26.7 Å². The fraction of sp³-hybridized carbons (Fsp3) is 0.909. The minimum Gasteiger partial charge on any atom is -0.395 e. The average molecular weight is 214 g/mol. The molecule has 0 radical (unpaired) electrons. The van der Waals surface area contributed by atoms with Gasteiger partial charge in [-0.25, -0.2) is 0 Å². The van der Waals surface area contributed by atoms with E-state index in [1.54, 1.807) is 0 Å². The summed E-state index contributed by atoms with van der Waals surface area (Å²) in [5, 5.41) is 8.90. The SMILES string of the molecule is CCN(CC)CC(=O)N(CCO)C1CC1. The van der Waals surface area contributed by atoms with Gasteiger partial charge in [0.15, 0.2) is 0 Å². The third-order valence-corrected chi connectivity index (χ3v) is 2.90. The lowest BCUT2D eigenvalue weighted by atomic mass is 10.4. The van der Waals surface area contributed by atoms with Gasteiger partial charge in [0, 0.05) is 12.6 Å². The molecule has 1 aliphatic rings. The minimum atomic E-state index is 0.0699. The van der Waals surface area contributed by atoms with Crippen LogP contribution >= 0.6 is 0 Å². The van der Waals surface area contributed by atoms with Gasteiger partial charge in [-0.15, -0.1) is 0 Å². The molecular formula is C11H22N2O2. The first-order chi connectivity index (χ1) is 7.22. The lowest BCUT2D eigenvalue weighted by Crippen LogP contribution is -2.42. The van der Waals surface area contributed by atoms with E-state index in [1.165, 1.54) is 0 Å². The van der Waals surface area contributed by atoms with Crippen molar-refractivity contribution in [2.75, 3.05) is 32.8 Å². The summed E-state index contributed by atoms with van der Waals surface area (Å²) in [5.41, 5.74) is 0. The van der Waals surface area contributed by atoms with Gasteiger partial charge in [-0.3, -0.25) is 9.69 Å². The van der Waals surface area contributed by atoms with E-state index in [4.69, 9.17) is 5.11 Å². The van der Waals surface area contributed by atoms with Crippen LogP contribution in [0.5, 0.6) is 0 Å². The quantitative estimate of drug-likeness (QED) is 0.663. The van der Waals surface area contributed by atoms with Crippen LogP contribution in [0.15, 0.2) is 0 Å². The molecule has 0 saturated heterocycles. The lowest BCUT2D eigenvalue weighted by Gasteiger charge is -2.25. The van der Waals surface area contributed by atoms with E-state index in [0.29, 0.717) is 19.1 Å². The zero-order valence-electron chi connectivity index (χ0n) is 9.78. The van der Waals surface area contributed by atoms with E-state index in [1.807, 2.05) is 4.90 Å². The van der Waals surface area contributed by atoms with Crippen molar-refractivity contribution < 1.29 is 9.90 Å². The normalized spacial score (nSPS) is 15.7. The molecule has 0 atom stereocenters. The van der Waals surface area contributed by atoms with Crippen LogP contribution in [-0.4, -0.2) is 59.6 Å². The number of rotatable bonds is 7. The third kappa shape index (κ3) is 3.80. The second-order valence-electron chi connectivity index (χ2n) is 4.00. The van der Waals surface area contributed by atoms with Gasteiger partial charge in [-0.1, -0.05) is 13.8 Å². The minimum absolute atomic E-state index is 0.0699. The van der Waals surface area contributed by atoms with E-state index in [2.05, 4.69) is 18.7 Å². The Morgan fingerprint density at radius 2 is 1.93 bits per heavy atom. The molecule has 1 fully saturated rings. The maximum absolute atomic E-state index is 11.9. The van der Waals surface area contributed by atoms with E-state index in [9.17, 15) is 4.79 Å². The molecule has 0 aromatic heterocycles. The first-order valence-corrected chi connectivity index (χ1v) is 5.85. The first kappa shape index (κ1) is 12.5. The highest BCUT2D eigenvalue weighted by Gasteiger charge is 2.32. The molecule has 1 saturated carbocycles. The molecule has 0 aromatic carbocycles. The average Bonchev–Trinajstić information content (AvgIpc) is 3.06. The summed E-state index contributed by atoms with van der Waals surface area (Å²) in [6.07, 6.45) is 2.20. The van der Waals surface area contributed by atoms with Gasteiger partial charge in [0.25, 0.3) is 0 Å². The summed E-state index contributed by atoms with van der Waals surface area (Å²) >= 11 is 0. The molecule has 1 amide bonds. The van der Waals surface area contributed by atoms with Crippen LogP contribution in [0.2, 0.25) is 0 Å². The number of hydrogen-bond donors (Lipinski definition) is 1. The van der Waals surface area contributed by atoms with Crippen LogP contribution in [-0.2, 0) is 4.79 Å². The Balaban J connectivity index is 2.40. The Hall–Kier alpha value is -0.610. The van der Waals surface area contributed by atoms with Crippen molar-refractivity contribution in [3.05, 3.63) is 0 Å². The lowest BCUT2D eigenvalue weighted by molar-refractivity contribution is -0.133. The monoisotopic (exact) mass is 214 g/mol. The molecule has 0 heterocycles. The van der Waals surface area contributed by atoms with E-state index in [-0.39, 0.29) is 12.5 Å². The molecule has 0 aromatic rings. The van der Waals surface area contributed by atoms with Gasteiger partial charge in [-0.2, -0.15) is 0 Å². The smallest absolute Gasteiger partial charge is 0.237 e. The summed E-state index contributed by atoms with van der Waals surface area (Å²) in [6, 6.07) is 0.403. The van der Waals surface area contributed by atoms with Gasteiger partial charge in [0.1, 0.15) is 0 Å². The van der Waals surface area contributed by atoms with Gasteiger partial charge in [0.05, 0.1) is 13.2 Å². The highest BCUT2D eigenvalue weighted by molar-refractivity contribution is 5.79. The Bertz CT molecular complexity index is 201. The molecule has 15 heavy (non-hydrogen) atoms. The fourth-order valence-electron chi connectivity index (χ4n) is 1.73. The zero-order valence-corrected chi connectivity index (χ0v) is 9.78. The number of likely N-dealkylation sites (N-methyl/N-ethyl adjacent to an activating group) is 1. The number of hydrogen-bond acceptors (Lipinski definition) is 3. The maximum Gasteiger partial charge on any atom is 0.237 e. The van der Waals surface area contributed by atoms with Crippen molar-refractivity contribution in [3.63, 3.8) is 0 Å². The Labute approximate surface area is 91.9 Å². The third-order valence-electron chi connectivity index (χ3n) is 2.90. The first-order valence-electron chi connectivity index (χ1n) is 5.85. The van der Waals surface area contributed by atoms with Gasteiger partial charge in [-0.05, 0) is 25.9 Å². The number of nitrogens with zero attached hydrogens (tertiary/aromatic N) is 2. The van der Waals surface area contributed by atoms with Crippen molar-refractivity contribution in [3.8, 4) is 0 Å². The number of aliphatic hydroxyl groups is 1. The van der Waals surface area contributed by atoms with E-state index < -0.39 is 0 Å². The van der Waals surface area contributed by atoms with Crippen LogP contribution in [0.25, 0.3) is 0 Å². The maximum atomic E-state index is 11.9. The summed E-state index contributed by atoms with van der Waals surface area (Å²) in [4.78, 5) is 15.9. The number of carbonyl (C=O) groups is 1. The molecule has 4 heteroatoms. The Kier molecular flexibility index (Phi) is 5.05. The van der Waals surface area contributed by atoms with Crippen LogP contribution < -0.4 is 0 Å². The summed E-state index contributed by atoms with van der Waals surface area (Å²) in [5.74, 6) is 0.162. The Morgan fingerprint density at radius 1 is 1.33 bits per heavy atom. The molecule has 1 aliphatic carbocycles. The van der Waals surface area contributed by atoms with Gasteiger partial charge < -0.3 is 10.0 Å². The highest BCUT2D eigenvalue weighted by Crippen LogP contribution is 2.26. The Morgan fingerprint density at radius 3 is 2.33 bits per heavy atom. The molecule has 0 aliphatic heterocycles. The number of aliphatic hydroxyl groups excluding tert-OH is 1. The molecule has 88 valence electrons. The van der Waals surface area contributed by atoms with Crippen molar-refractivity contribution in [1.29, 1.82) is 0 Å². The van der Waals surface area contributed by atoms with Crippen molar-refractivity contribution >= 4 is 5.91 Å². The van der Waals surface area contributed by atoms with E-state index >= 15 is 0 Å². The van der Waals surface area contributed by atoms with Crippen molar-refractivity contribution in [2.24, 2.45) is 0 Å². The molecule has 1 N–H and O–H groups in total. The van der Waals surface area contributed by atoms with Crippen LogP contribution in [0.4, 0.5) is 0 Å². The molecule has 4 nitrogen and oxygen atoms in total. The second-order valence-corrected chi connectivity index (χ2v) is 4.00. The zero-order chi connectivity index (χ0) is 11.3. The predicted octanol–water partition coefficient (Wildman–Crippen LogP) is 0.311. The fourth-order valence-corrected chi connectivity index (χ4v) is 1.73. The summed E-state index contributed by atoms with van der Waals surface area (Å²) in [6.45, 7) is 6.98. The van der Waals surface area contributed by atoms with Gasteiger partial charge >= 0.3 is 0 Å². The number of amides is 1. The predicted molar refractivity (Wildman–Crippen MR) is 59.6 cm³/mol. The highest BCUT2D eigenvalue weighted by atomic mass is 16.3. The molecule has 0 unspecified atom stereocenters. The van der Waals surface area contributed by atoms with Crippen molar-refractivity contribution in [1.82, 2.24) is 9.80 Å². The van der Waals surface area contributed by atoms with Crippen LogP contribution in [0, 0.1) is 0 Å². The second kappa shape index (κ2) is 6.08. The van der Waals surface area contributed by atoms with E-state index in [0.717, 1.165) is 25.9 Å². The molecule has 1 rings (SSSR count). The molecule has 0 spiro atoms. The van der Waals surface area contributed by atoms with Gasteiger partial charge in [0.2, 0.25) is 5.91 Å². The summed E-state index contributed by atoms with van der Waals surface area (Å²) < 4.78 is 0. The molecule has 0 bridgehead atoms. The number of carbonyl (C=O) groups excluding carboxylic acids is 1. The van der Waals surface area contributed by atoms with Crippen molar-refractivity contribution in [2.45, 2.75) is 32.7 Å². The molecular weight excluding hydrogens is 192 g/mol. The summed E-state index contributed by atoms with van der Waals surface area (Å²) in [7, 11) is 0.